The average Bonchev–Trinajstić information content (AvgIpc) is 2.30. The summed E-state index contributed by atoms with van der Waals surface area (Å²) in [6.07, 6.45) is 0.572. The smallest absolute Gasteiger partial charge is 0.387 e. The van der Waals surface area contributed by atoms with E-state index in [9.17, 15) is 18.0 Å². The molecule has 0 aromatic heterocycles. The third kappa shape index (κ3) is 3.41. The van der Waals surface area contributed by atoms with Gasteiger partial charge >= 0.3 is 12.6 Å². The highest BCUT2D eigenvalue weighted by Crippen LogP contribution is 2.33. The molecule has 4 nitrogen and oxygen atoms in total. The summed E-state index contributed by atoms with van der Waals surface area (Å²) in [5.74, 6) is -3.78. The average molecular weight is 262 g/mol. The summed E-state index contributed by atoms with van der Waals surface area (Å²) >= 11 is 0. The van der Waals surface area contributed by atoms with Gasteiger partial charge in [0.25, 0.3) is 0 Å². The molecule has 1 aromatic rings. The van der Waals surface area contributed by atoms with Crippen molar-refractivity contribution in [3.05, 3.63) is 29.6 Å². The molecule has 18 heavy (non-hydrogen) atoms. The number of rotatable bonds is 5. The van der Waals surface area contributed by atoms with Crippen LogP contribution in [0.1, 0.15) is 5.56 Å². The number of alkyl halides is 2. The van der Waals surface area contributed by atoms with Crippen LogP contribution in [0, 0.1) is 0 Å². The third-order valence-electron chi connectivity index (χ3n) is 1.92. The van der Waals surface area contributed by atoms with Crippen molar-refractivity contribution < 1.29 is 32.5 Å². The van der Waals surface area contributed by atoms with Crippen LogP contribution in [-0.4, -0.2) is 24.8 Å². The molecular formula is C11H9F3O4. The first kappa shape index (κ1) is 13.9. The minimum Gasteiger partial charge on any atom is -0.493 e. The molecule has 0 aliphatic rings. The van der Waals surface area contributed by atoms with Gasteiger partial charge in [-0.05, 0) is 12.1 Å². The van der Waals surface area contributed by atoms with Crippen LogP contribution >= 0.6 is 0 Å². The van der Waals surface area contributed by atoms with Crippen LogP contribution in [0.4, 0.5) is 13.2 Å². The zero-order chi connectivity index (χ0) is 13.7. The number of benzene rings is 1. The number of carboxylic acid groups (broad SMARTS) is 1. The molecular weight excluding hydrogens is 253 g/mol. The first-order valence-corrected chi connectivity index (χ1v) is 4.68. The first-order chi connectivity index (χ1) is 8.45. The molecule has 1 aromatic carbocycles. The fraction of sp³-hybridized carbons (Fsp3) is 0.182. The van der Waals surface area contributed by atoms with Gasteiger partial charge in [-0.2, -0.15) is 13.2 Å². The fourth-order valence-corrected chi connectivity index (χ4v) is 1.22. The largest absolute Gasteiger partial charge is 0.493 e. The summed E-state index contributed by atoms with van der Waals surface area (Å²) in [6.45, 7) is -3.14. The Labute approximate surface area is 100 Å². The van der Waals surface area contributed by atoms with Gasteiger partial charge in [0.05, 0.1) is 7.11 Å². The molecule has 1 rings (SSSR count). The van der Waals surface area contributed by atoms with Crippen molar-refractivity contribution in [1.29, 1.82) is 0 Å². The maximum absolute atomic E-state index is 12.9. The minimum atomic E-state index is -3.14. The quantitative estimate of drug-likeness (QED) is 0.829. The van der Waals surface area contributed by atoms with E-state index in [0.29, 0.717) is 6.08 Å². The Morgan fingerprint density at radius 1 is 1.44 bits per heavy atom. The lowest BCUT2D eigenvalue weighted by Crippen LogP contribution is -2.05. The Balaban J connectivity index is 3.25. The molecule has 7 heteroatoms. The van der Waals surface area contributed by atoms with Gasteiger partial charge in [0.2, 0.25) is 5.83 Å². The zero-order valence-corrected chi connectivity index (χ0v) is 9.19. The van der Waals surface area contributed by atoms with Gasteiger partial charge in [-0.1, -0.05) is 12.1 Å². The van der Waals surface area contributed by atoms with E-state index in [4.69, 9.17) is 9.84 Å². The normalized spacial score (nSPS) is 11.5. The predicted octanol–water partition coefficient (Wildman–Crippen LogP) is 2.69. The Morgan fingerprint density at radius 3 is 2.61 bits per heavy atom. The van der Waals surface area contributed by atoms with Crippen LogP contribution < -0.4 is 9.47 Å². The Morgan fingerprint density at radius 2 is 2.11 bits per heavy atom. The van der Waals surface area contributed by atoms with E-state index >= 15 is 0 Å². The highest BCUT2D eigenvalue weighted by molar-refractivity contribution is 5.90. The summed E-state index contributed by atoms with van der Waals surface area (Å²) < 4.78 is 46.3. The molecule has 0 unspecified atom stereocenters. The van der Waals surface area contributed by atoms with E-state index in [2.05, 4.69) is 4.74 Å². The number of carbonyl (C=O) groups is 1. The number of hydrogen-bond acceptors (Lipinski definition) is 3. The second-order valence-electron chi connectivity index (χ2n) is 3.05. The number of hydrogen-bond donors (Lipinski definition) is 1. The van der Waals surface area contributed by atoms with Crippen molar-refractivity contribution in [2.75, 3.05) is 7.11 Å². The SMILES string of the molecule is COc1cccc(C=C(F)C(=O)O)c1OC(F)F. The first-order valence-electron chi connectivity index (χ1n) is 4.68. The minimum absolute atomic E-state index is 0.0535. The van der Waals surface area contributed by atoms with Crippen molar-refractivity contribution in [3.8, 4) is 11.5 Å². The molecule has 0 fully saturated rings. The number of aliphatic carboxylic acids is 1. The molecule has 1 N–H and O–H groups in total. The van der Waals surface area contributed by atoms with Gasteiger partial charge in [0, 0.05) is 5.56 Å². The highest BCUT2D eigenvalue weighted by atomic mass is 19.3. The lowest BCUT2D eigenvalue weighted by molar-refractivity contribution is -0.134. The van der Waals surface area contributed by atoms with E-state index in [1.54, 1.807) is 0 Å². The summed E-state index contributed by atoms with van der Waals surface area (Å²) in [5.41, 5.74) is -0.158. The van der Waals surface area contributed by atoms with E-state index < -0.39 is 24.2 Å². The van der Waals surface area contributed by atoms with Crippen LogP contribution in [0.5, 0.6) is 11.5 Å². The molecule has 0 saturated heterocycles. The second-order valence-corrected chi connectivity index (χ2v) is 3.05. The zero-order valence-electron chi connectivity index (χ0n) is 9.19. The van der Waals surface area contributed by atoms with Crippen LogP contribution in [-0.2, 0) is 4.79 Å². The van der Waals surface area contributed by atoms with Crippen molar-refractivity contribution in [1.82, 2.24) is 0 Å². The topological polar surface area (TPSA) is 55.8 Å². The molecule has 0 bridgehead atoms. The van der Waals surface area contributed by atoms with Gasteiger partial charge in [-0.3, -0.25) is 0 Å². The van der Waals surface area contributed by atoms with Crippen LogP contribution in [0.3, 0.4) is 0 Å². The highest BCUT2D eigenvalue weighted by Gasteiger charge is 2.16. The third-order valence-corrected chi connectivity index (χ3v) is 1.92. The molecule has 0 aliphatic carbocycles. The van der Waals surface area contributed by atoms with E-state index in [1.165, 1.54) is 25.3 Å². The van der Waals surface area contributed by atoms with Gasteiger partial charge in [0.15, 0.2) is 11.5 Å². The number of methoxy groups -OCH3 is 1. The lowest BCUT2D eigenvalue weighted by atomic mass is 10.1. The lowest BCUT2D eigenvalue weighted by Gasteiger charge is -2.12. The molecule has 0 saturated carbocycles. The van der Waals surface area contributed by atoms with E-state index in [0.717, 1.165) is 0 Å². The standard InChI is InChI=1S/C11H9F3O4/c1-17-8-4-2-3-6(5-7(12)10(15)16)9(8)18-11(13)14/h2-5,11H,1H3,(H,15,16). The van der Waals surface area contributed by atoms with Crippen molar-refractivity contribution >= 4 is 12.0 Å². The van der Waals surface area contributed by atoms with Gasteiger partial charge in [-0.25, -0.2) is 4.79 Å². The molecule has 0 aliphatic heterocycles. The Kier molecular flexibility index (Phi) is 4.59. The number of carboxylic acids is 1. The fourth-order valence-electron chi connectivity index (χ4n) is 1.22. The molecule has 0 atom stereocenters. The number of ether oxygens (including phenoxy) is 2. The maximum Gasteiger partial charge on any atom is 0.387 e. The Hall–Kier alpha value is -2.18. The summed E-state index contributed by atoms with van der Waals surface area (Å²) in [7, 11) is 1.22. The molecule has 0 radical (unpaired) electrons. The maximum atomic E-state index is 12.9. The van der Waals surface area contributed by atoms with Gasteiger partial charge in [0.1, 0.15) is 0 Å². The predicted molar refractivity (Wildman–Crippen MR) is 56.3 cm³/mol. The Bertz CT molecular complexity index is 471. The van der Waals surface area contributed by atoms with Crippen molar-refractivity contribution in [2.45, 2.75) is 6.61 Å². The monoisotopic (exact) mass is 262 g/mol. The van der Waals surface area contributed by atoms with E-state index in [1.807, 2.05) is 0 Å². The summed E-state index contributed by atoms with van der Waals surface area (Å²) in [6, 6.07) is 3.94. The number of halogens is 3. The molecule has 0 heterocycles. The second kappa shape index (κ2) is 5.95. The summed E-state index contributed by atoms with van der Waals surface area (Å²) in [4.78, 5) is 10.3. The van der Waals surface area contributed by atoms with Crippen LogP contribution in [0.15, 0.2) is 24.0 Å². The summed E-state index contributed by atoms with van der Waals surface area (Å²) in [5, 5.41) is 8.38. The number of para-hydroxylation sites is 1. The molecule has 0 spiro atoms. The van der Waals surface area contributed by atoms with Gasteiger partial charge < -0.3 is 14.6 Å². The molecule has 0 amide bonds. The van der Waals surface area contributed by atoms with Crippen LogP contribution in [0.2, 0.25) is 0 Å². The van der Waals surface area contributed by atoms with E-state index in [-0.39, 0.29) is 11.3 Å². The van der Waals surface area contributed by atoms with Crippen LogP contribution in [0.25, 0.3) is 6.08 Å². The molecule has 98 valence electrons. The van der Waals surface area contributed by atoms with Gasteiger partial charge in [-0.15, -0.1) is 0 Å². The van der Waals surface area contributed by atoms with Crippen molar-refractivity contribution in [3.63, 3.8) is 0 Å². The van der Waals surface area contributed by atoms with Crippen molar-refractivity contribution in [2.24, 2.45) is 0 Å².